The molecule has 1 aromatic rings. The highest BCUT2D eigenvalue weighted by molar-refractivity contribution is 7.80. The van der Waals surface area contributed by atoms with Gasteiger partial charge in [-0.1, -0.05) is 12.2 Å². The van der Waals surface area contributed by atoms with Gasteiger partial charge >= 0.3 is 0 Å². The van der Waals surface area contributed by atoms with Crippen LogP contribution in [0.4, 0.5) is 0 Å². The SMILES string of the molecule is CCN(NC(=O)CC(N)=O)C(=S)c1cc(OC)ccc1OC. The zero-order valence-electron chi connectivity index (χ0n) is 12.7. The maximum absolute atomic E-state index is 11.7. The van der Waals surface area contributed by atoms with Crippen molar-refractivity contribution in [3.8, 4) is 11.5 Å². The van der Waals surface area contributed by atoms with Gasteiger partial charge in [-0.2, -0.15) is 0 Å². The molecule has 0 atom stereocenters. The van der Waals surface area contributed by atoms with Crippen LogP contribution in [0.3, 0.4) is 0 Å². The van der Waals surface area contributed by atoms with Crippen molar-refractivity contribution in [2.24, 2.45) is 5.73 Å². The van der Waals surface area contributed by atoms with Crippen molar-refractivity contribution < 1.29 is 19.1 Å². The van der Waals surface area contributed by atoms with E-state index in [2.05, 4.69) is 5.43 Å². The van der Waals surface area contributed by atoms with E-state index in [9.17, 15) is 9.59 Å². The van der Waals surface area contributed by atoms with Gasteiger partial charge in [0.2, 0.25) is 11.8 Å². The predicted molar refractivity (Wildman–Crippen MR) is 85.6 cm³/mol. The molecule has 0 spiro atoms. The molecule has 7 nitrogen and oxygen atoms in total. The molecule has 0 aromatic heterocycles. The Balaban J connectivity index is 3.00. The molecule has 120 valence electrons. The van der Waals surface area contributed by atoms with E-state index in [-0.39, 0.29) is 0 Å². The number of nitrogens with one attached hydrogen (secondary N) is 1. The summed E-state index contributed by atoms with van der Waals surface area (Å²) in [6, 6.07) is 5.18. The van der Waals surface area contributed by atoms with Crippen LogP contribution in [0.25, 0.3) is 0 Å². The number of ether oxygens (including phenoxy) is 2. The minimum Gasteiger partial charge on any atom is -0.497 e. The van der Waals surface area contributed by atoms with E-state index >= 15 is 0 Å². The van der Waals surface area contributed by atoms with Gasteiger partial charge in [0.05, 0.1) is 19.8 Å². The highest BCUT2D eigenvalue weighted by atomic mass is 32.1. The van der Waals surface area contributed by atoms with E-state index < -0.39 is 18.2 Å². The summed E-state index contributed by atoms with van der Waals surface area (Å²) in [4.78, 5) is 22.8. The largest absolute Gasteiger partial charge is 0.497 e. The number of hydrazine groups is 1. The van der Waals surface area contributed by atoms with Gasteiger partial charge in [-0.3, -0.25) is 20.0 Å². The number of methoxy groups -OCH3 is 2. The third kappa shape index (κ3) is 4.59. The van der Waals surface area contributed by atoms with Crippen LogP contribution in [0.5, 0.6) is 11.5 Å². The number of hydrogen-bond donors (Lipinski definition) is 2. The number of primary amides is 1. The standard InChI is InChI=1S/C14H19N3O4S/c1-4-17(16-13(19)8-12(15)18)14(22)10-7-9(20-2)5-6-11(10)21-3/h5-7H,4,8H2,1-3H3,(H2,15,18)(H,16,19). The smallest absolute Gasteiger partial charge is 0.247 e. The first-order valence-electron chi connectivity index (χ1n) is 6.54. The third-order valence-corrected chi connectivity index (χ3v) is 3.23. The van der Waals surface area contributed by atoms with Gasteiger partial charge in [0, 0.05) is 6.54 Å². The number of nitrogens with zero attached hydrogens (tertiary/aromatic N) is 1. The lowest BCUT2D eigenvalue weighted by molar-refractivity contribution is -0.129. The molecular formula is C14H19N3O4S. The van der Waals surface area contributed by atoms with E-state index in [1.165, 1.54) is 12.1 Å². The fourth-order valence-electron chi connectivity index (χ4n) is 1.75. The van der Waals surface area contributed by atoms with E-state index in [4.69, 9.17) is 27.4 Å². The molecule has 2 amide bonds. The molecule has 0 aliphatic heterocycles. The van der Waals surface area contributed by atoms with Gasteiger partial charge in [-0.25, -0.2) is 0 Å². The van der Waals surface area contributed by atoms with Crippen molar-refractivity contribution in [3.63, 3.8) is 0 Å². The molecule has 1 aromatic carbocycles. The van der Waals surface area contributed by atoms with Crippen LogP contribution < -0.4 is 20.6 Å². The molecule has 1 rings (SSSR count). The van der Waals surface area contributed by atoms with E-state index in [0.717, 1.165) is 0 Å². The molecule has 0 saturated carbocycles. The summed E-state index contributed by atoms with van der Waals surface area (Å²) in [5.74, 6) is -0.0805. The van der Waals surface area contributed by atoms with Gasteiger partial charge < -0.3 is 15.2 Å². The van der Waals surface area contributed by atoms with Crippen molar-refractivity contribution in [1.82, 2.24) is 10.4 Å². The van der Waals surface area contributed by atoms with Crippen molar-refractivity contribution in [2.75, 3.05) is 20.8 Å². The predicted octanol–water partition coefficient (Wildman–Crippen LogP) is 0.608. The second kappa shape index (κ2) is 8.18. The minimum atomic E-state index is -0.710. The molecule has 0 saturated heterocycles. The molecule has 0 unspecified atom stereocenters. The molecule has 0 aliphatic rings. The highest BCUT2D eigenvalue weighted by Crippen LogP contribution is 2.25. The lowest BCUT2D eigenvalue weighted by Gasteiger charge is -2.25. The maximum Gasteiger partial charge on any atom is 0.247 e. The number of hydrogen-bond acceptors (Lipinski definition) is 5. The molecule has 0 fully saturated rings. The number of amides is 2. The highest BCUT2D eigenvalue weighted by Gasteiger charge is 2.18. The summed E-state index contributed by atoms with van der Waals surface area (Å²) in [6.07, 6.45) is -0.408. The Morgan fingerprint density at radius 1 is 1.32 bits per heavy atom. The second-order valence-corrected chi connectivity index (χ2v) is 4.68. The monoisotopic (exact) mass is 325 g/mol. The van der Waals surface area contributed by atoms with Gasteiger partial charge in [0.15, 0.2) is 0 Å². The van der Waals surface area contributed by atoms with Crippen LogP contribution >= 0.6 is 12.2 Å². The summed E-state index contributed by atoms with van der Waals surface area (Å²) in [7, 11) is 3.07. The Morgan fingerprint density at radius 2 is 2.00 bits per heavy atom. The first-order chi connectivity index (χ1) is 10.4. The maximum atomic E-state index is 11.7. The van der Waals surface area contributed by atoms with Crippen LogP contribution in [0, 0.1) is 0 Å². The molecule has 8 heteroatoms. The lowest BCUT2D eigenvalue weighted by Crippen LogP contribution is -2.46. The van der Waals surface area contributed by atoms with Crippen LogP contribution in [0.2, 0.25) is 0 Å². The fourth-order valence-corrected chi connectivity index (χ4v) is 2.08. The van der Waals surface area contributed by atoms with Crippen molar-refractivity contribution in [1.29, 1.82) is 0 Å². The molecular weight excluding hydrogens is 306 g/mol. The Bertz CT molecular complexity index is 577. The van der Waals surface area contributed by atoms with Gasteiger partial charge in [-0.05, 0) is 25.1 Å². The average Bonchev–Trinajstić information content (AvgIpc) is 2.50. The van der Waals surface area contributed by atoms with Crippen molar-refractivity contribution in [3.05, 3.63) is 23.8 Å². The summed E-state index contributed by atoms with van der Waals surface area (Å²) in [5, 5.41) is 1.44. The molecule has 0 bridgehead atoms. The van der Waals surface area contributed by atoms with Gasteiger partial charge in [-0.15, -0.1) is 0 Å². The van der Waals surface area contributed by atoms with Gasteiger partial charge in [0.1, 0.15) is 22.9 Å². The number of nitrogens with two attached hydrogens (primary N) is 1. The topological polar surface area (TPSA) is 93.9 Å². The van der Waals surface area contributed by atoms with Crippen LogP contribution in [0.15, 0.2) is 18.2 Å². The van der Waals surface area contributed by atoms with Gasteiger partial charge in [0.25, 0.3) is 0 Å². The van der Waals surface area contributed by atoms with Crippen molar-refractivity contribution in [2.45, 2.75) is 13.3 Å². The molecule has 0 heterocycles. The summed E-state index contributed by atoms with van der Waals surface area (Å²) in [6.45, 7) is 2.22. The lowest BCUT2D eigenvalue weighted by atomic mass is 10.2. The summed E-state index contributed by atoms with van der Waals surface area (Å²) >= 11 is 5.39. The Hall–Kier alpha value is -2.35. The molecule has 3 N–H and O–H groups in total. The number of carbonyl (C=O) groups excluding carboxylic acids is 2. The van der Waals surface area contributed by atoms with E-state index in [0.29, 0.717) is 28.6 Å². The van der Waals surface area contributed by atoms with Crippen LogP contribution in [-0.4, -0.2) is 42.6 Å². The van der Waals surface area contributed by atoms with E-state index in [1.807, 2.05) is 6.92 Å². The number of benzene rings is 1. The fraction of sp³-hybridized carbons (Fsp3) is 0.357. The average molecular weight is 325 g/mol. The molecule has 0 aliphatic carbocycles. The first-order valence-corrected chi connectivity index (χ1v) is 6.95. The zero-order chi connectivity index (χ0) is 16.7. The third-order valence-electron chi connectivity index (χ3n) is 2.79. The molecule has 22 heavy (non-hydrogen) atoms. The Labute approximate surface area is 134 Å². The summed E-state index contributed by atoms with van der Waals surface area (Å²) < 4.78 is 10.4. The van der Waals surface area contributed by atoms with Crippen LogP contribution in [-0.2, 0) is 9.59 Å². The first kappa shape index (κ1) is 17.7. The Kier molecular flexibility index (Phi) is 6.58. The zero-order valence-corrected chi connectivity index (χ0v) is 13.5. The van der Waals surface area contributed by atoms with E-state index in [1.54, 1.807) is 25.3 Å². The quantitative estimate of drug-likeness (QED) is 0.452. The number of rotatable bonds is 6. The number of thiocarbonyl (C=S) groups is 1. The Morgan fingerprint density at radius 3 is 2.50 bits per heavy atom. The summed E-state index contributed by atoms with van der Waals surface area (Å²) in [5.41, 5.74) is 8.13. The van der Waals surface area contributed by atoms with Crippen LogP contribution in [0.1, 0.15) is 18.9 Å². The normalized spacial score (nSPS) is 9.77. The molecule has 0 radical (unpaired) electrons. The van der Waals surface area contributed by atoms with Crippen molar-refractivity contribution >= 4 is 29.0 Å². The number of carbonyl (C=O) groups is 2. The second-order valence-electron chi connectivity index (χ2n) is 4.29. The minimum absolute atomic E-state index is 0.344.